The zero-order valence-electron chi connectivity index (χ0n) is 22.4. The summed E-state index contributed by atoms with van der Waals surface area (Å²) in [4.78, 5) is 2.76. The highest BCUT2D eigenvalue weighted by molar-refractivity contribution is 7.89. The molecule has 0 saturated carbocycles. The van der Waals surface area contributed by atoms with Crippen LogP contribution in [-0.2, 0) is 29.4 Å². The van der Waals surface area contributed by atoms with Gasteiger partial charge in [0.25, 0.3) is 0 Å². The van der Waals surface area contributed by atoms with E-state index in [-0.39, 0.29) is 18.0 Å². The van der Waals surface area contributed by atoms with E-state index in [1.54, 1.807) is 14.2 Å². The number of nitrogens with zero attached hydrogens (tertiary/aromatic N) is 1. The van der Waals surface area contributed by atoms with Crippen molar-refractivity contribution in [3.63, 3.8) is 0 Å². The van der Waals surface area contributed by atoms with E-state index in [0.717, 1.165) is 72.0 Å². The number of fused-ring (bicyclic) bond motifs is 2. The molecule has 2 aliphatic rings. The smallest absolute Gasteiger partial charge is 0.241 e. The molecule has 2 aromatic carbocycles. The molecule has 0 atom stereocenters. The van der Waals surface area contributed by atoms with Crippen LogP contribution in [0.25, 0.3) is 0 Å². The van der Waals surface area contributed by atoms with Gasteiger partial charge in [0.15, 0.2) is 11.5 Å². The van der Waals surface area contributed by atoms with Crippen molar-refractivity contribution < 1.29 is 22.6 Å². The van der Waals surface area contributed by atoms with Crippen LogP contribution in [0.3, 0.4) is 0 Å². The van der Waals surface area contributed by atoms with Crippen molar-refractivity contribution in [2.24, 2.45) is 0 Å². The summed E-state index contributed by atoms with van der Waals surface area (Å²) in [7, 11) is -0.321. The van der Waals surface area contributed by atoms with Gasteiger partial charge in [-0.15, -0.1) is 12.4 Å². The zero-order chi connectivity index (χ0) is 25.5. The summed E-state index contributed by atoms with van der Waals surface area (Å²) in [5, 5.41) is 0. The van der Waals surface area contributed by atoms with Gasteiger partial charge in [-0.25, -0.2) is 13.1 Å². The largest absolute Gasteiger partial charge is 0.493 e. The average molecular weight is 539 g/mol. The Morgan fingerprint density at radius 1 is 1.03 bits per heavy atom. The topological polar surface area (TPSA) is 77.1 Å². The Kier molecular flexibility index (Phi) is 8.55. The predicted octanol–water partition coefficient (Wildman–Crippen LogP) is 4.49. The minimum atomic E-state index is -3.63. The molecule has 2 aliphatic heterocycles. The van der Waals surface area contributed by atoms with Gasteiger partial charge in [-0.1, -0.05) is 0 Å². The molecule has 7 nitrogen and oxygen atoms in total. The Balaban J connectivity index is 0.00000361. The summed E-state index contributed by atoms with van der Waals surface area (Å²) >= 11 is 0. The second kappa shape index (κ2) is 10.8. The van der Waals surface area contributed by atoms with E-state index in [2.05, 4.69) is 21.8 Å². The van der Waals surface area contributed by atoms with Gasteiger partial charge in [-0.05, 0) is 94.0 Å². The molecule has 0 saturated heterocycles. The first-order valence-electron chi connectivity index (χ1n) is 12.2. The summed E-state index contributed by atoms with van der Waals surface area (Å²) < 4.78 is 46.6. The highest BCUT2D eigenvalue weighted by Crippen LogP contribution is 2.43. The number of benzene rings is 2. The number of hydrogen-bond acceptors (Lipinski definition) is 6. The number of methoxy groups -OCH3 is 2. The molecule has 0 unspecified atom stereocenters. The zero-order valence-corrected chi connectivity index (χ0v) is 24.0. The third kappa shape index (κ3) is 5.47. The Morgan fingerprint density at radius 3 is 2.31 bits per heavy atom. The molecule has 0 bridgehead atoms. The van der Waals surface area contributed by atoms with Crippen molar-refractivity contribution >= 4 is 22.4 Å². The number of rotatable bonds is 8. The van der Waals surface area contributed by atoms with E-state index < -0.39 is 10.0 Å². The summed E-state index contributed by atoms with van der Waals surface area (Å²) in [5.74, 6) is 2.35. The molecule has 4 rings (SSSR count). The van der Waals surface area contributed by atoms with Crippen molar-refractivity contribution in [3.8, 4) is 17.2 Å². The van der Waals surface area contributed by atoms with Crippen LogP contribution in [0, 0.1) is 20.8 Å². The van der Waals surface area contributed by atoms with Crippen LogP contribution < -0.4 is 18.9 Å². The van der Waals surface area contributed by atoms with Crippen LogP contribution in [0.1, 0.15) is 53.6 Å². The van der Waals surface area contributed by atoms with E-state index in [1.807, 2.05) is 34.6 Å². The Morgan fingerprint density at radius 2 is 1.67 bits per heavy atom. The molecule has 2 heterocycles. The van der Waals surface area contributed by atoms with Gasteiger partial charge in [0.1, 0.15) is 11.4 Å². The maximum Gasteiger partial charge on any atom is 0.241 e. The van der Waals surface area contributed by atoms with Crippen molar-refractivity contribution in [2.75, 3.05) is 33.9 Å². The monoisotopic (exact) mass is 538 g/mol. The standard InChI is InChI=1S/C27H38N2O5S.ClH/c1-17-18(2)26(19(3)22-15-27(4,5)34-25(17)22)35(30,31)28-10-8-11-29-12-9-20-13-23(32-6)24(33-7)14-21(20)16-29;/h13-14,28H,8-12,15-16H2,1-7H3;1H. The molecule has 0 radical (unpaired) electrons. The quantitative estimate of drug-likeness (QED) is 0.499. The van der Waals surface area contributed by atoms with Crippen LogP contribution in [0.15, 0.2) is 17.0 Å². The van der Waals surface area contributed by atoms with Gasteiger partial charge in [-0.3, -0.25) is 4.90 Å². The van der Waals surface area contributed by atoms with Crippen LogP contribution in [-0.4, -0.2) is 52.8 Å². The van der Waals surface area contributed by atoms with Gasteiger partial charge in [0.05, 0.1) is 19.1 Å². The predicted molar refractivity (Wildman–Crippen MR) is 145 cm³/mol. The van der Waals surface area contributed by atoms with Gasteiger partial charge in [0.2, 0.25) is 10.0 Å². The van der Waals surface area contributed by atoms with Crippen molar-refractivity contribution in [1.29, 1.82) is 0 Å². The van der Waals surface area contributed by atoms with E-state index in [0.29, 0.717) is 17.9 Å². The number of nitrogens with one attached hydrogen (secondary N) is 1. The van der Waals surface area contributed by atoms with E-state index in [9.17, 15) is 8.42 Å². The number of halogens is 1. The highest BCUT2D eigenvalue weighted by Gasteiger charge is 2.36. The molecule has 0 fully saturated rings. The molecule has 9 heteroatoms. The lowest BCUT2D eigenvalue weighted by atomic mass is 9.94. The van der Waals surface area contributed by atoms with Gasteiger partial charge in [0, 0.05) is 31.6 Å². The van der Waals surface area contributed by atoms with E-state index >= 15 is 0 Å². The normalized spacial score (nSPS) is 16.5. The lowest BCUT2D eigenvalue weighted by Gasteiger charge is -2.29. The molecule has 0 spiro atoms. The number of ether oxygens (including phenoxy) is 3. The van der Waals surface area contributed by atoms with Crippen LogP contribution in [0.5, 0.6) is 17.2 Å². The van der Waals surface area contributed by atoms with E-state index in [1.165, 1.54) is 11.1 Å². The lowest BCUT2D eigenvalue weighted by Crippen LogP contribution is -2.34. The number of sulfonamides is 1. The molecular formula is C27H39ClN2O5S. The molecule has 0 aromatic heterocycles. The van der Waals surface area contributed by atoms with Crippen LogP contribution in [0.2, 0.25) is 0 Å². The van der Waals surface area contributed by atoms with Gasteiger partial charge >= 0.3 is 0 Å². The maximum atomic E-state index is 13.3. The molecule has 2 aromatic rings. The lowest BCUT2D eigenvalue weighted by molar-refractivity contribution is 0.137. The van der Waals surface area contributed by atoms with Crippen LogP contribution in [0.4, 0.5) is 0 Å². The van der Waals surface area contributed by atoms with Gasteiger partial charge < -0.3 is 14.2 Å². The fourth-order valence-corrected chi connectivity index (χ4v) is 7.00. The average Bonchev–Trinajstić information content (AvgIpc) is 3.15. The maximum absolute atomic E-state index is 13.3. The minimum Gasteiger partial charge on any atom is -0.493 e. The first kappa shape index (κ1) is 28.6. The minimum absolute atomic E-state index is 0. The number of hydrogen-bond donors (Lipinski definition) is 1. The molecule has 0 amide bonds. The summed E-state index contributed by atoms with van der Waals surface area (Å²) in [6.07, 6.45) is 2.39. The van der Waals surface area contributed by atoms with Gasteiger partial charge in [-0.2, -0.15) is 0 Å². The first-order valence-corrected chi connectivity index (χ1v) is 13.7. The summed E-state index contributed by atoms with van der Waals surface area (Å²) in [6.45, 7) is 12.8. The third-order valence-corrected chi connectivity index (χ3v) is 9.03. The molecule has 36 heavy (non-hydrogen) atoms. The fourth-order valence-electron chi connectivity index (χ4n) is 5.36. The molecule has 200 valence electrons. The Hall–Kier alpha value is -2.00. The Bertz CT molecular complexity index is 1240. The first-order chi connectivity index (χ1) is 16.5. The SMILES string of the molecule is COc1cc2c(cc1OC)CN(CCCNS(=O)(=O)c1c(C)c(C)c3c(c1C)CC(C)(C)O3)CC2.Cl. The molecular weight excluding hydrogens is 500 g/mol. The van der Waals surface area contributed by atoms with Crippen LogP contribution >= 0.6 is 12.4 Å². The second-order valence-corrected chi connectivity index (χ2v) is 12.0. The van der Waals surface area contributed by atoms with Crippen molar-refractivity contribution in [1.82, 2.24) is 9.62 Å². The summed E-state index contributed by atoms with van der Waals surface area (Å²) in [5.41, 5.74) is 5.70. The summed E-state index contributed by atoms with van der Waals surface area (Å²) in [6, 6.07) is 4.12. The fraction of sp³-hybridized carbons (Fsp3) is 0.556. The third-order valence-electron chi connectivity index (χ3n) is 7.30. The Labute approximate surface area is 222 Å². The second-order valence-electron chi connectivity index (χ2n) is 10.3. The highest BCUT2D eigenvalue weighted by atomic mass is 35.5. The van der Waals surface area contributed by atoms with E-state index in [4.69, 9.17) is 14.2 Å². The molecule has 0 aliphatic carbocycles. The molecule has 1 N–H and O–H groups in total. The van der Waals surface area contributed by atoms with Crippen molar-refractivity contribution in [3.05, 3.63) is 45.5 Å². The van der Waals surface area contributed by atoms with Crippen molar-refractivity contribution in [2.45, 2.75) is 70.9 Å².